The van der Waals surface area contributed by atoms with Gasteiger partial charge in [-0.15, -0.1) is 12.4 Å². The lowest BCUT2D eigenvalue weighted by Crippen LogP contribution is -2.57. The van der Waals surface area contributed by atoms with E-state index in [1.54, 1.807) is 0 Å². The minimum atomic E-state index is -3.52. The van der Waals surface area contributed by atoms with Crippen LogP contribution in [0.2, 0.25) is 0 Å². The molecule has 142 valence electrons. The maximum atomic E-state index is 12.6. The Balaban J connectivity index is 0.00000243. The molecule has 2 N–H and O–H groups in total. The third-order valence-corrected chi connectivity index (χ3v) is 6.55. The van der Waals surface area contributed by atoms with Crippen molar-refractivity contribution in [3.63, 3.8) is 0 Å². The molecule has 1 aliphatic rings. The summed E-state index contributed by atoms with van der Waals surface area (Å²) in [7, 11) is -3.52. The first-order chi connectivity index (χ1) is 11.9. The van der Waals surface area contributed by atoms with Crippen molar-refractivity contribution in [1.29, 1.82) is 0 Å². The molecule has 3 rings (SSSR count). The van der Waals surface area contributed by atoms with Crippen LogP contribution in [0, 0.1) is 0 Å². The van der Waals surface area contributed by atoms with Crippen LogP contribution < -0.4 is 10.6 Å². The van der Waals surface area contributed by atoms with Crippen LogP contribution in [0.15, 0.2) is 41.0 Å². The minimum absolute atomic E-state index is 0. The molecule has 2 heterocycles. The zero-order valence-electron chi connectivity index (χ0n) is 14.4. The highest BCUT2D eigenvalue weighted by atomic mass is 35.5. The van der Waals surface area contributed by atoms with Gasteiger partial charge in [0.05, 0.1) is 12.2 Å². The van der Waals surface area contributed by atoms with Gasteiger partial charge in [-0.2, -0.15) is 0 Å². The summed E-state index contributed by atoms with van der Waals surface area (Å²) in [6.07, 6.45) is 3.14. The van der Waals surface area contributed by atoms with Gasteiger partial charge in [0.2, 0.25) is 11.8 Å². The molecule has 0 aliphatic carbocycles. The maximum absolute atomic E-state index is 12.6. The second kappa shape index (κ2) is 8.20. The van der Waals surface area contributed by atoms with E-state index in [0.29, 0.717) is 24.7 Å². The van der Waals surface area contributed by atoms with Crippen LogP contribution in [0.1, 0.15) is 18.5 Å². The Morgan fingerprint density at radius 3 is 2.54 bits per heavy atom. The number of hydrogen-bond donors (Lipinski definition) is 2. The third kappa shape index (κ3) is 4.08. The van der Waals surface area contributed by atoms with Crippen molar-refractivity contribution in [1.82, 2.24) is 15.6 Å². The number of aromatic nitrogens is 1. The number of nitrogens with zero attached hydrogens (tertiary/aromatic N) is 1. The number of rotatable bonds is 5. The van der Waals surface area contributed by atoms with Gasteiger partial charge in [-0.25, -0.2) is 13.4 Å². The molecule has 1 aliphatic heterocycles. The average molecular weight is 400 g/mol. The fourth-order valence-electron chi connectivity index (χ4n) is 3.03. The molecule has 0 atom stereocenters. The van der Waals surface area contributed by atoms with E-state index in [9.17, 15) is 13.2 Å². The predicted octanol–water partition coefficient (Wildman–Crippen LogP) is 1.55. The van der Waals surface area contributed by atoms with Crippen LogP contribution in [-0.2, 0) is 21.2 Å². The standard InChI is InChI=1S/C17H21N3O4S.ClH/c1-25(22,23)17(7-9-18-10-8-17)16(21)19-11-14-12-24-15(20-14)13-5-3-2-4-6-13;/h2-6,12,18H,7-11H2,1H3,(H,19,21);1H. The zero-order chi connectivity index (χ0) is 17.9. The molecule has 9 heteroatoms. The van der Waals surface area contributed by atoms with Gasteiger partial charge in [0.15, 0.2) is 14.6 Å². The van der Waals surface area contributed by atoms with E-state index < -0.39 is 20.5 Å². The zero-order valence-corrected chi connectivity index (χ0v) is 16.0. The topological polar surface area (TPSA) is 101 Å². The van der Waals surface area contributed by atoms with Crippen LogP contribution in [0.25, 0.3) is 11.5 Å². The van der Waals surface area contributed by atoms with Crippen molar-refractivity contribution in [2.45, 2.75) is 24.1 Å². The van der Waals surface area contributed by atoms with Crippen LogP contribution in [0.3, 0.4) is 0 Å². The van der Waals surface area contributed by atoms with E-state index in [0.717, 1.165) is 11.8 Å². The van der Waals surface area contributed by atoms with Crippen molar-refractivity contribution in [3.05, 3.63) is 42.3 Å². The number of carbonyl (C=O) groups is 1. The molecule has 1 saturated heterocycles. The Bertz CT molecular complexity index is 846. The first-order valence-corrected chi connectivity index (χ1v) is 10.00. The number of nitrogens with one attached hydrogen (secondary N) is 2. The molecule has 2 aromatic rings. The van der Waals surface area contributed by atoms with Crippen molar-refractivity contribution in [2.75, 3.05) is 19.3 Å². The molecule has 0 bridgehead atoms. The summed E-state index contributed by atoms with van der Waals surface area (Å²) < 4.78 is 28.5. The molecule has 1 aromatic carbocycles. The highest BCUT2D eigenvalue weighted by Crippen LogP contribution is 2.28. The lowest BCUT2D eigenvalue weighted by molar-refractivity contribution is -0.124. The van der Waals surface area contributed by atoms with E-state index in [2.05, 4.69) is 15.6 Å². The van der Waals surface area contributed by atoms with E-state index in [-0.39, 0.29) is 31.8 Å². The van der Waals surface area contributed by atoms with Crippen molar-refractivity contribution >= 4 is 28.2 Å². The van der Waals surface area contributed by atoms with Gasteiger partial charge in [0.25, 0.3) is 0 Å². The highest BCUT2D eigenvalue weighted by molar-refractivity contribution is 7.92. The number of piperidine rings is 1. The number of halogens is 1. The molecular formula is C17H22ClN3O4S. The number of carbonyl (C=O) groups excluding carboxylic acids is 1. The van der Waals surface area contributed by atoms with E-state index >= 15 is 0 Å². The molecule has 26 heavy (non-hydrogen) atoms. The van der Waals surface area contributed by atoms with Gasteiger partial charge in [-0.3, -0.25) is 4.79 Å². The van der Waals surface area contributed by atoms with Gasteiger partial charge in [-0.05, 0) is 38.1 Å². The number of hydrogen-bond acceptors (Lipinski definition) is 6. The maximum Gasteiger partial charge on any atom is 0.241 e. The SMILES string of the molecule is CS(=O)(=O)C1(C(=O)NCc2coc(-c3ccccc3)n2)CCNCC1.Cl. The normalized spacial score (nSPS) is 16.5. The minimum Gasteiger partial charge on any atom is -0.444 e. The van der Waals surface area contributed by atoms with Gasteiger partial charge < -0.3 is 15.1 Å². The second-order valence-electron chi connectivity index (χ2n) is 6.21. The first-order valence-electron chi connectivity index (χ1n) is 8.11. The van der Waals surface area contributed by atoms with Crippen molar-refractivity contribution in [2.24, 2.45) is 0 Å². The molecule has 0 spiro atoms. The molecule has 7 nitrogen and oxygen atoms in total. The molecule has 0 unspecified atom stereocenters. The van der Waals surface area contributed by atoms with Crippen molar-refractivity contribution in [3.8, 4) is 11.5 Å². The Labute approximate surface area is 158 Å². The van der Waals surface area contributed by atoms with Gasteiger partial charge in [0.1, 0.15) is 6.26 Å². The van der Waals surface area contributed by atoms with Gasteiger partial charge >= 0.3 is 0 Å². The van der Waals surface area contributed by atoms with E-state index in [1.165, 1.54) is 6.26 Å². The summed E-state index contributed by atoms with van der Waals surface area (Å²) in [5.74, 6) is -0.00898. The number of sulfone groups is 1. The highest BCUT2D eigenvalue weighted by Gasteiger charge is 2.48. The molecule has 0 saturated carbocycles. The lowest BCUT2D eigenvalue weighted by atomic mass is 9.96. The Kier molecular flexibility index (Phi) is 6.44. The predicted molar refractivity (Wildman–Crippen MR) is 101 cm³/mol. The smallest absolute Gasteiger partial charge is 0.241 e. The number of benzene rings is 1. The Hall–Kier alpha value is -1.90. The third-order valence-electron chi connectivity index (χ3n) is 4.54. The molecule has 1 aromatic heterocycles. The summed E-state index contributed by atoms with van der Waals surface area (Å²) >= 11 is 0. The molecular weight excluding hydrogens is 378 g/mol. The average Bonchev–Trinajstić information content (AvgIpc) is 3.09. The number of oxazole rings is 1. The fraction of sp³-hybridized carbons (Fsp3) is 0.412. The van der Waals surface area contributed by atoms with Gasteiger partial charge in [0, 0.05) is 11.8 Å². The van der Waals surface area contributed by atoms with E-state index in [4.69, 9.17) is 4.42 Å². The first kappa shape index (κ1) is 20.4. The summed E-state index contributed by atoms with van der Waals surface area (Å²) in [6.45, 7) is 1.13. The van der Waals surface area contributed by atoms with Crippen LogP contribution >= 0.6 is 12.4 Å². The van der Waals surface area contributed by atoms with Crippen LogP contribution in [-0.4, -0.2) is 43.4 Å². The Morgan fingerprint density at radius 1 is 1.27 bits per heavy atom. The Morgan fingerprint density at radius 2 is 1.92 bits per heavy atom. The monoisotopic (exact) mass is 399 g/mol. The summed E-state index contributed by atoms with van der Waals surface area (Å²) in [6, 6.07) is 9.42. The van der Waals surface area contributed by atoms with E-state index in [1.807, 2.05) is 30.3 Å². The summed E-state index contributed by atoms with van der Waals surface area (Å²) in [5, 5.41) is 5.80. The number of amides is 1. The second-order valence-corrected chi connectivity index (χ2v) is 8.53. The van der Waals surface area contributed by atoms with Gasteiger partial charge in [-0.1, -0.05) is 18.2 Å². The summed E-state index contributed by atoms with van der Waals surface area (Å²) in [5.41, 5.74) is 1.39. The van der Waals surface area contributed by atoms with Crippen LogP contribution in [0.4, 0.5) is 0 Å². The fourth-order valence-corrected chi connectivity index (χ4v) is 4.38. The summed E-state index contributed by atoms with van der Waals surface area (Å²) in [4.78, 5) is 17.0. The lowest BCUT2D eigenvalue weighted by Gasteiger charge is -2.34. The molecule has 0 radical (unpaired) electrons. The van der Waals surface area contributed by atoms with Crippen LogP contribution in [0.5, 0.6) is 0 Å². The molecule has 1 amide bonds. The van der Waals surface area contributed by atoms with Crippen molar-refractivity contribution < 1.29 is 17.6 Å². The molecule has 1 fully saturated rings. The quantitative estimate of drug-likeness (QED) is 0.790. The largest absolute Gasteiger partial charge is 0.444 e.